The highest BCUT2D eigenvalue weighted by atomic mass is 32.2. The zero-order valence-electron chi connectivity index (χ0n) is 10.2. The molecule has 0 bridgehead atoms. The third-order valence-corrected chi connectivity index (χ3v) is 4.06. The highest BCUT2D eigenvalue weighted by molar-refractivity contribution is 7.99. The molecule has 0 aromatic heterocycles. The molecule has 1 aliphatic rings. The van der Waals surface area contributed by atoms with Crippen molar-refractivity contribution in [1.82, 2.24) is 5.32 Å². The van der Waals surface area contributed by atoms with Crippen LogP contribution in [0.15, 0.2) is 0 Å². The van der Waals surface area contributed by atoms with Crippen molar-refractivity contribution in [3.63, 3.8) is 0 Å². The van der Waals surface area contributed by atoms with Crippen LogP contribution < -0.4 is 11.1 Å². The van der Waals surface area contributed by atoms with Crippen LogP contribution in [0.4, 0.5) is 0 Å². The maximum atomic E-state index is 11.6. The summed E-state index contributed by atoms with van der Waals surface area (Å²) in [5, 5.41) is 3.13. The zero-order chi connectivity index (χ0) is 11.8. The molecule has 3 N–H and O–H groups in total. The van der Waals surface area contributed by atoms with E-state index < -0.39 is 0 Å². The van der Waals surface area contributed by atoms with E-state index in [1.54, 1.807) is 11.8 Å². The Balaban J connectivity index is 2.12. The molecule has 94 valence electrons. The first-order valence-corrected chi connectivity index (χ1v) is 7.46. The molecule has 1 aliphatic carbocycles. The van der Waals surface area contributed by atoms with Crippen molar-refractivity contribution in [2.75, 3.05) is 11.5 Å². The molecule has 0 radical (unpaired) electrons. The lowest BCUT2D eigenvalue weighted by molar-refractivity contribution is -0.119. The molecule has 4 heteroatoms. The quantitative estimate of drug-likeness (QED) is 0.726. The summed E-state index contributed by atoms with van der Waals surface area (Å²) in [7, 11) is 0. The first-order valence-electron chi connectivity index (χ1n) is 6.31. The molecule has 1 unspecified atom stereocenters. The first kappa shape index (κ1) is 13.8. The van der Waals surface area contributed by atoms with E-state index in [9.17, 15) is 4.79 Å². The van der Waals surface area contributed by atoms with E-state index in [1.807, 2.05) is 6.92 Å². The normalized spacial score (nSPS) is 20.1. The molecule has 0 heterocycles. The predicted molar refractivity (Wildman–Crippen MR) is 70.6 cm³/mol. The lowest BCUT2D eigenvalue weighted by Gasteiger charge is -2.16. The Morgan fingerprint density at radius 2 is 2.00 bits per heavy atom. The number of carbonyl (C=O) groups excluding carboxylic acids is 1. The van der Waals surface area contributed by atoms with E-state index in [2.05, 4.69) is 5.32 Å². The Labute approximate surface area is 103 Å². The van der Waals surface area contributed by atoms with Crippen LogP contribution in [0.1, 0.15) is 45.4 Å². The van der Waals surface area contributed by atoms with E-state index in [0.29, 0.717) is 11.8 Å². The molecule has 1 rings (SSSR count). The molecule has 1 saturated carbocycles. The number of hydrogen-bond donors (Lipinski definition) is 2. The van der Waals surface area contributed by atoms with Gasteiger partial charge in [-0.25, -0.2) is 0 Å². The van der Waals surface area contributed by atoms with Gasteiger partial charge in [0.2, 0.25) is 5.91 Å². The van der Waals surface area contributed by atoms with E-state index in [-0.39, 0.29) is 11.9 Å². The minimum atomic E-state index is 0.177. The zero-order valence-corrected chi connectivity index (χ0v) is 11.0. The van der Waals surface area contributed by atoms with Gasteiger partial charge in [0, 0.05) is 17.8 Å². The van der Waals surface area contributed by atoms with Crippen LogP contribution in [0.2, 0.25) is 0 Å². The maximum Gasteiger partial charge on any atom is 0.230 e. The molecule has 1 atom stereocenters. The topological polar surface area (TPSA) is 55.1 Å². The fraction of sp³-hybridized carbons (Fsp3) is 0.917. The van der Waals surface area contributed by atoms with E-state index in [1.165, 1.54) is 25.7 Å². The van der Waals surface area contributed by atoms with E-state index in [0.717, 1.165) is 18.6 Å². The van der Waals surface area contributed by atoms with Crippen molar-refractivity contribution in [3.05, 3.63) is 0 Å². The van der Waals surface area contributed by atoms with Crippen LogP contribution in [0, 0.1) is 0 Å². The summed E-state index contributed by atoms with van der Waals surface area (Å²) in [6, 6.07) is 0.599. The van der Waals surface area contributed by atoms with Gasteiger partial charge < -0.3 is 11.1 Å². The molecule has 0 saturated heterocycles. The van der Waals surface area contributed by atoms with E-state index >= 15 is 0 Å². The second kappa shape index (κ2) is 7.96. The van der Waals surface area contributed by atoms with Crippen LogP contribution in [-0.2, 0) is 4.79 Å². The van der Waals surface area contributed by atoms with Gasteiger partial charge in [0.1, 0.15) is 0 Å². The standard InChI is InChI=1S/C12H24N2OS/c1-10(13)8-16-9-12(15)14-11-6-4-2-3-5-7-11/h10-11H,2-9,13H2,1H3,(H,14,15). The number of nitrogens with one attached hydrogen (secondary N) is 1. The van der Waals surface area contributed by atoms with Gasteiger partial charge >= 0.3 is 0 Å². The molecular formula is C12H24N2OS. The first-order chi connectivity index (χ1) is 7.68. The van der Waals surface area contributed by atoms with Crippen molar-refractivity contribution in [1.29, 1.82) is 0 Å². The van der Waals surface area contributed by atoms with Gasteiger partial charge in [-0.1, -0.05) is 25.7 Å². The molecular weight excluding hydrogens is 220 g/mol. The third-order valence-electron chi connectivity index (χ3n) is 2.83. The fourth-order valence-corrected chi connectivity index (χ4v) is 2.79. The SMILES string of the molecule is CC(N)CSCC(=O)NC1CCCCCC1. The van der Waals surface area contributed by atoms with Crippen molar-refractivity contribution < 1.29 is 4.79 Å². The van der Waals surface area contributed by atoms with Crippen LogP contribution in [-0.4, -0.2) is 29.5 Å². The van der Waals surface area contributed by atoms with Crippen molar-refractivity contribution in [2.45, 2.75) is 57.5 Å². The van der Waals surface area contributed by atoms with Crippen LogP contribution in [0.25, 0.3) is 0 Å². The lowest BCUT2D eigenvalue weighted by atomic mass is 10.1. The summed E-state index contributed by atoms with van der Waals surface area (Å²) in [6.45, 7) is 1.97. The van der Waals surface area contributed by atoms with Gasteiger partial charge in [-0.3, -0.25) is 4.79 Å². The van der Waals surface area contributed by atoms with Crippen LogP contribution in [0.3, 0.4) is 0 Å². The molecule has 1 amide bonds. The lowest BCUT2D eigenvalue weighted by Crippen LogP contribution is -2.35. The highest BCUT2D eigenvalue weighted by Crippen LogP contribution is 2.17. The summed E-state index contributed by atoms with van der Waals surface area (Å²) >= 11 is 1.63. The summed E-state index contributed by atoms with van der Waals surface area (Å²) in [4.78, 5) is 11.6. The largest absolute Gasteiger partial charge is 0.353 e. The summed E-state index contributed by atoms with van der Waals surface area (Å²) in [5.74, 6) is 1.59. The number of rotatable bonds is 5. The minimum Gasteiger partial charge on any atom is -0.353 e. The van der Waals surface area contributed by atoms with Crippen LogP contribution >= 0.6 is 11.8 Å². The summed E-state index contributed by atoms with van der Waals surface area (Å²) in [5.41, 5.74) is 5.63. The number of nitrogens with two attached hydrogens (primary N) is 1. The Bertz CT molecular complexity index is 201. The van der Waals surface area contributed by atoms with Gasteiger partial charge in [-0.15, -0.1) is 0 Å². The molecule has 0 aromatic rings. The average Bonchev–Trinajstić information content (AvgIpc) is 2.45. The number of thioether (sulfide) groups is 1. The predicted octanol–water partition coefficient (Wildman–Crippen LogP) is 1.91. The third kappa shape index (κ3) is 6.38. The number of hydrogen-bond acceptors (Lipinski definition) is 3. The summed E-state index contributed by atoms with van der Waals surface area (Å²) < 4.78 is 0. The van der Waals surface area contributed by atoms with E-state index in [4.69, 9.17) is 5.73 Å². The molecule has 1 fully saturated rings. The van der Waals surface area contributed by atoms with Crippen molar-refractivity contribution in [2.24, 2.45) is 5.73 Å². The van der Waals surface area contributed by atoms with Gasteiger partial charge in [-0.2, -0.15) is 11.8 Å². The number of amides is 1. The Kier molecular flexibility index (Phi) is 6.88. The number of carbonyl (C=O) groups is 1. The van der Waals surface area contributed by atoms with Crippen LogP contribution in [0.5, 0.6) is 0 Å². The van der Waals surface area contributed by atoms with Gasteiger partial charge in [-0.05, 0) is 19.8 Å². The molecule has 0 aromatic carbocycles. The Morgan fingerprint density at radius 1 is 1.38 bits per heavy atom. The second-order valence-corrected chi connectivity index (χ2v) is 5.78. The van der Waals surface area contributed by atoms with Gasteiger partial charge in [0.15, 0.2) is 0 Å². The molecule has 0 spiro atoms. The Hall–Kier alpha value is -0.220. The van der Waals surface area contributed by atoms with Gasteiger partial charge in [0.05, 0.1) is 5.75 Å². The molecule has 16 heavy (non-hydrogen) atoms. The second-order valence-electron chi connectivity index (χ2n) is 4.75. The molecule has 0 aliphatic heterocycles. The Morgan fingerprint density at radius 3 is 2.56 bits per heavy atom. The minimum absolute atomic E-state index is 0.177. The molecule has 3 nitrogen and oxygen atoms in total. The highest BCUT2D eigenvalue weighted by Gasteiger charge is 2.14. The maximum absolute atomic E-state index is 11.6. The monoisotopic (exact) mass is 244 g/mol. The average molecular weight is 244 g/mol. The van der Waals surface area contributed by atoms with Gasteiger partial charge in [0.25, 0.3) is 0 Å². The smallest absolute Gasteiger partial charge is 0.230 e. The summed E-state index contributed by atoms with van der Waals surface area (Å²) in [6.07, 6.45) is 7.49. The van der Waals surface area contributed by atoms with Crippen molar-refractivity contribution >= 4 is 17.7 Å². The van der Waals surface area contributed by atoms with Crippen molar-refractivity contribution in [3.8, 4) is 0 Å². The fourth-order valence-electron chi connectivity index (χ4n) is 2.03.